The predicted molar refractivity (Wildman–Crippen MR) is 82.7 cm³/mol. The molecule has 2 rings (SSSR count). The largest absolute Gasteiger partial charge is 0.310 e. The van der Waals surface area contributed by atoms with Gasteiger partial charge in [0.15, 0.2) is 0 Å². The smallest absolute Gasteiger partial charge is 0.0900 e. The van der Waals surface area contributed by atoms with Gasteiger partial charge in [-0.15, -0.1) is 5.10 Å². The van der Waals surface area contributed by atoms with Gasteiger partial charge < -0.3 is 5.32 Å². The maximum Gasteiger partial charge on any atom is 0.0900 e. The second-order valence-corrected chi connectivity index (χ2v) is 5.60. The molecule has 0 aliphatic carbocycles. The summed E-state index contributed by atoms with van der Waals surface area (Å²) in [5.74, 6) is 0. The Bertz CT molecular complexity index is 563. The van der Waals surface area contributed by atoms with Crippen LogP contribution in [0.2, 0.25) is 5.02 Å². The van der Waals surface area contributed by atoms with Crippen molar-refractivity contribution in [2.75, 3.05) is 0 Å². The van der Waals surface area contributed by atoms with Crippen LogP contribution in [0.25, 0.3) is 11.3 Å². The molecule has 4 nitrogen and oxygen atoms in total. The summed E-state index contributed by atoms with van der Waals surface area (Å²) in [6.45, 7) is 8.05. The van der Waals surface area contributed by atoms with Crippen LogP contribution < -0.4 is 5.32 Å². The average molecular weight is 293 g/mol. The zero-order valence-corrected chi connectivity index (χ0v) is 13.0. The molecule has 0 atom stereocenters. The van der Waals surface area contributed by atoms with Gasteiger partial charge in [-0.25, -0.2) is 4.68 Å². The third-order valence-corrected chi connectivity index (χ3v) is 3.39. The Hall–Kier alpha value is -1.39. The van der Waals surface area contributed by atoms with E-state index in [1.807, 2.05) is 16.8 Å². The van der Waals surface area contributed by atoms with Gasteiger partial charge in [0.05, 0.1) is 16.9 Å². The molecule has 0 fully saturated rings. The molecule has 0 bridgehead atoms. The number of hydrogen-bond donors (Lipinski definition) is 1. The van der Waals surface area contributed by atoms with E-state index < -0.39 is 0 Å². The van der Waals surface area contributed by atoms with E-state index in [9.17, 15) is 0 Å². The van der Waals surface area contributed by atoms with E-state index in [0.29, 0.717) is 6.04 Å². The molecular formula is C15H21ClN4. The van der Waals surface area contributed by atoms with E-state index in [1.54, 1.807) is 6.20 Å². The van der Waals surface area contributed by atoms with Gasteiger partial charge in [0.25, 0.3) is 0 Å². The van der Waals surface area contributed by atoms with Crippen LogP contribution in [0, 0.1) is 0 Å². The van der Waals surface area contributed by atoms with Crippen molar-refractivity contribution in [1.82, 2.24) is 20.3 Å². The number of halogens is 1. The summed E-state index contributed by atoms with van der Waals surface area (Å²) >= 11 is 6.41. The van der Waals surface area contributed by atoms with Crippen molar-refractivity contribution in [2.45, 2.75) is 46.3 Å². The molecule has 5 heteroatoms. The fourth-order valence-corrected chi connectivity index (χ4v) is 2.34. The number of aromatic nitrogens is 3. The average Bonchev–Trinajstić information content (AvgIpc) is 2.85. The van der Waals surface area contributed by atoms with Crippen molar-refractivity contribution in [1.29, 1.82) is 0 Å². The fraction of sp³-hybridized carbons (Fsp3) is 0.467. The van der Waals surface area contributed by atoms with Crippen LogP contribution in [0.1, 0.15) is 32.8 Å². The van der Waals surface area contributed by atoms with E-state index >= 15 is 0 Å². The van der Waals surface area contributed by atoms with Gasteiger partial charge in [-0.3, -0.25) is 0 Å². The van der Waals surface area contributed by atoms with Gasteiger partial charge in [0.2, 0.25) is 0 Å². The van der Waals surface area contributed by atoms with E-state index in [2.05, 4.69) is 42.5 Å². The zero-order valence-electron chi connectivity index (χ0n) is 12.2. The highest BCUT2D eigenvalue weighted by Crippen LogP contribution is 2.28. The van der Waals surface area contributed by atoms with Crippen molar-refractivity contribution < 1.29 is 0 Å². The summed E-state index contributed by atoms with van der Waals surface area (Å²) < 4.78 is 1.90. The number of aryl methyl sites for hydroxylation is 1. The molecule has 108 valence electrons. The number of hydrogen-bond acceptors (Lipinski definition) is 3. The van der Waals surface area contributed by atoms with Gasteiger partial charge in [-0.2, -0.15) is 0 Å². The summed E-state index contributed by atoms with van der Waals surface area (Å²) in [5, 5.41) is 12.2. The highest BCUT2D eigenvalue weighted by molar-refractivity contribution is 6.33. The zero-order chi connectivity index (χ0) is 14.5. The van der Waals surface area contributed by atoms with Crippen LogP contribution in [-0.4, -0.2) is 21.0 Å². The van der Waals surface area contributed by atoms with E-state index in [0.717, 1.165) is 35.8 Å². The first-order chi connectivity index (χ1) is 9.61. The maximum absolute atomic E-state index is 6.41. The monoisotopic (exact) mass is 292 g/mol. The van der Waals surface area contributed by atoms with Crippen LogP contribution in [0.15, 0.2) is 24.4 Å². The van der Waals surface area contributed by atoms with Gasteiger partial charge >= 0.3 is 0 Å². The molecule has 0 aliphatic heterocycles. The lowest BCUT2D eigenvalue weighted by Gasteiger charge is -2.11. The number of rotatable bonds is 6. The molecule has 1 aromatic heterocycles. The highest BCUT2D eigenvalue weighted by Gasteiger charge is 2.10. The Morgan fingerprint density at radius 3 is 2.80 bits per heavy atom. The summed E-state index contributed by atoms with van der Waals surface area (Å²) in [6, 6.07) is 6.61. The van der Waals surface area contributed by atoms with Crippen molar-refractivity contribution in [3.05, 3.63) is 35.0 Å². The lowest BCUT2D eigenvalue weighted by atomic mass is 10.1. The Morgan fingerprint density at radius 2 is 2.15 bits per heavy atom. The Kier molecular flexibility index (Phi) is 5.15. The molecule has 1 aromatic carbocycles. The Labute approximate surface area is 125 Å². The van der Waals surface area contributed by atoms with Crippen LogP contribution in [0.4, 0.5) is 0 Å². The Morgan fingerprint density at radius 1 is 1.35 bits per heavy atom. The molecule has 0 radical (unpaired) electrons. The summed E-state index contributed by atoms with van der Waals surface area (Å²) in [6.07, 6.45) is 2.79. The highest BCUT2D eigenvalue weighted by atomic mass is 35.5. The van der Waals surface area contributed by atoms with Crippen molar-refractivity contribution in [3.8, 4) is 11.3 Å². The van der Waals surface area contributed by atoms with E-state index in [-0.39, 0.29) is 0 Å². The molecule has 0 saturated heterocycles. The van der Waals surface area contributed by atoms with E-state index in [1.165, 1.54) is 5.56 Å². The molecule has 0 spiro atoms. The topological polar surface area (TPSA) is 42.7 Å². The van der Waals surface area contributed by atoms with Crippen molar-refractivity contribution >= 4 is 11.6 Å². The predicted octanol–water partition coefficient (Wildman–Crippen LogP) is 3.51. The molecule has 0 unspecified atom stereocenters. The Balaban J connectivity index is 2.23. The summed E-state index contributed by atoms with van der Waals surface area (Å²) in [5.41, 5.74) is 3.14. The standard InChI is InChI=1S/C15H21ClN4/c1-4-7-20-15(10-18-19-20)13-6-5-12(8-14(13)16)9-17-11(2)3/h5-6,8,10-11,17H,4,7,9H2,1-3H3. The van der Waals surface area contributed by atoms with Gasteiger partial charge in [-0.05, 0) is 18.1 Å². The fourth-order valence-electron chi connectivity index (χ4n) is 2.04. The molecule has 20 heavy (non-hydrogen) atoms. The summed E-state index contributed by atoms with van der Waals surface area (Å²) in [4.78, 5) is 0. The quantitative estimate of drug-likeness (QED) is 0.886. The molecule has 1 heterocycles. The minimum absolute atomic E-state index is 0.462. The van der Waals surface area contributed by atoms with Crippen LogP contribution >= 0.6 is 11.6 Å². The molecule has 0 aliphatic rings. The van der Waals surface area contributed by atoms with Gasteiger partial charge in [-0.1, -0.05) is 49.7 Å². The second kappa shape index (κ2) is 6.86. The number of nitrogens with one attached hydrogen (secondary N) is 1. The first-order valence-corrected chi connectivity index (χ1v) is 7.40. The molecule has 2 aromatic rings. The van der Waals surface area contributed by atoms with Gasteiger partial charge in [0.1, 0.15) is 0 Å². The lowest BCUT2D eigenvalue weighted by Crippen LogP contribution is -2.21. The molecular weight excluding hydrogens is 272 g/mol. The third-order valence-electron chi connectivity index (χ3n) is 3.08. The lowest BCUT2D eigenvalue weighted by molar-refractivity contribution is 0.584. The van der Waals surface area contributed by atoms with Crippen LogP contribution in [0.5, 0.6) is 0 Å². The van der Waals surface area contributed by atoms with Gasteiger partial charge in [0, 0.05) is 24.7 Å². The number of nitrogens with zero attached hydrogens (tertiary/aromatic N) is 3. The van der Waals surface area contributed by atoms with Crippen LogP contribution in [-0.2, 0) is 13.1 Å². The maximum atomic E-state index is 6.41. The molecule has 0 amide bonds. The summed E-state index contributed by atoms with van der Waals surface area (Å²) in [7, 11) is 0. The second-order valence-electron chi connectivity index (χ2n) is 5.19. The first-order valence-electron chi connectivity index (χ1n) is 7.02. The number of benzene rings is 1. The normalized spacial score (nSPS) is 11.2. The molecule has 1 N–H and O–H groups in total. The first kappa shape index (κ1) is 15.0. The third kappa shape index (κ3) is 3.58. The minimum atomic E-state index is 0.462. The van der Waals surface area contributed by atoms with Crippen molar-refractivity contribution in [2.24, 2.45) is 0 Å². The molecule has 0 saturated carbocycles. The van der Waals surface area contributed by atoms with E-state index in [4.69, 9.17) is 11.6 Å². The minimum Gasteiger partial charge on any atom is -0.310 e. The SMILES string of the molecule is CCCn1nncc1-c1ccc(CNC(C)C)cc1Cl. The van der Waals surface area contributed by atoms with Crippen molar-refractivity contribution in [3.63, 3.8) is 0 Å². The van der Waals surface area contributed by atoms with Crippen LogP contribution in [0.3, 0.4) is 0 Å².